The van der Waals surface area contributed by atoms with Crippen molar-refractivity contribution in [2.45, 2.75) is 38.4 Å². The summed E-state index contributed by atoms with van der Waals surface area (Å²) >= 11 is 3.48. The summed E-state index contributed by atoms with van der Waals surface area (Å²) in [4.78, 5) is 2.09. The van der Waals surface area contributed by atoms with Crippen LogP contribution < -0.4 is 0 Å². The van der Waals surface area contributed by atoms with Gasteiger partial charge >= 0.3 is 0 Å². The smallest absolute Gasteiger partial charge is 0.163 e. The van der Waals surface area contributed by atoms with Crippen LogP contribution in [0.3, 0.4) is 0 Å². The molecule has 2 atom stereocenters. The second-order valence-electron chi connectivity index (χ2n) is 6.23. The molecule has 0 amide bonds. The Morgan fingerprint density at radius 3 is 2.67 bits per heavy atom. The van der Waals surface area contributed by atoms with Gasteiger partial charge in [-0.3, -0.25) is 0 Å². The van der Waals surface area contributed by atoms with Crippen molar-refractivity contribution < 1.29 is 19.3 Å². The fraction of sp³-hybridized carbons (Fsp3) is 0.556. The predicted octanol–water partition coefficient (Wildman–Crippen LogP) is 3.41. The van der Waals surface area contributed by atoms with Crippen LogP contribution in [0.5, 0.6) is 0 Å². The summed E-state index contributed by atoms with van der Waals surface area (Å²) in [6, 6.07) is 10.1. The number of hydrogen-bond acceptors (Lipinski definition) is 6. The lowest BCUT2D eigenvalue weighted by Gasteiger charge is -2.30. The summed E-state index contributed by atoms with van der Waals surface area (Å²) in [5.74, 6) is 1.44. The Kier molecular flexibility index (Phi) is 6.29. The van der Waals surface area contributed by atoms with Crippen LogP contribution >= 0.6 is 23.5 Å². The van der Waals surface area contributed by atoms with Crippen LogP contribution in [0.4, 0.5) is 0 Å². The quantitative estimate of drug-likeness (QED) is 0.830. The predicted molar refractivity (Wildman–Crippen MR) is 99.0 cm³/mol. The lowest BCUT2D eigenvalue weighted by Crippen LogP contribution is -2.35. The van der Waals surface area contributed by atoms with Gasteiger partial charge in [0.05, 0.1) is 19.8 Å². The van der Waals surface area contributed by atoms with E-state index in [4.69, 9.17) is 14.2 Å². The number of ether oxygens (including phenoxy) is 3. The van der Waals surface area contributed by atoms with Crippen LogP contribution in [0.15, 0.2) is 40.1 Å². The van der Waals surface area contributed by atoms with Gasteiger partial charge in [-0.05, 0) is 19.4 Å². The van der Waals surface area contributed by atoms with E-state index in [-0.39, 0.29) is 18.8 Å². The van der Waals surface area contributed by atoms with Gasteiger partial charge < -0.3 is 19.3 Å². The summed E-state index contributed by atoms with van der Waals surface area (Å²) in [6.07, 6.45) is -0.376. The Balaban J connectivity index is 1.79. The SMILES string of the molecule is CC1(C)OC[C@@H]([C@H](OCc2ccccc2)C2=C(CO)SCCS2)O1. The molecule has 1 aromatic rings. The Morgan fingerprint density at radius 1 is 1.25 bits per heavy atom. The highest BCUT2D eigenvalue weighted by molar-refractivity contribution is 8.10. The van der Waals surface area contributed by atoms with Gasteiger partial charge in [0.1, 0.15) is 12.2 Å². The lowest BCUT2D eigenvalue weighted by atomic mass is 10.1. The van der Waals surface area contributed by atoms with Crippen molar-refractivity contribution in [3.8, 4) is 0 Å². The normalized spacial score (nSPS) is 25.0. The van der Waals surface area contributed by atoms with E-state index < -0.39 is 5.79 Å². The third-order valence-corrected chi connectivity index (χ3v) is 6.63. The minimum Gasteiger partial charge on any atom is -0.391 e. The molecule has 24 heavy (non-hydrogen) atoms. The first kappa shape index (κ1) is 18.3. The molecule has 0 radical (unpaired) electrons. The molecule has 2 heterocycles. The molecule has 0 spiro atoms. The molecule has 0 unspecified atom stereocenters. The minimum absolute atomic E-state index is 0.0508. The van der Waals surface area contributed by atoms with Gasteiger partial charge in [-0.15, -0.1) is 23.5 Å². The largest absolute Gasteiger partial charge is 0.391 e. The topological polar surface area (TPSA) is 47.9 Å². The van der Waals surface area contributed by atoms with E-state index in [0.29, 0.717) is 13.2 Å². The van der Waals surface area contributed by atoms with E-state index in [1.165, 1.54) is 0 Å². The van der Waals surface area contributed by atoms with Gasteiger partial charge in [0.15, 0.2) is 5.79 Å². The first-order valence-electron chi connectivity index (χ1n) is 8.16. The van der Waals surface area contributed by atoms with E-state index in [2.05, 4.69) is 12.1 Å². The van der Waals surface area contributed by atoms with Gasteiger partial charge in [0.25, 0.3) is 0 Å². The van der Waals surface area contributed by atoms with E-state index in [9.17, 15) is 5.11 Å². The van der Waals surface area contributed by atoms with Crippen molar-refractivity contribution >= 4 is 23.5 Å². The number of thioether (sulfide) groups is 2. The molecule has 0 aromatic heterocycles. The zero-order valence-electron chi connectivity index (χ0n) is 14.1. The fourth-order valence-corrected chi connectivity index (χ4v) is 5.26. The van der Waals surface area contributed by atoms with Crippen molar-refractivity contribution in [2.24, 2.45) is 0 Å². The number of aliphatic hydroxyl groups excluding tert-OH is 1. The lowest BCUT2D eigenvalue weighted by molar-refractivity contribution is -0.153. The molecule has 6 heteroatoms. The number of benzene rings is 1. The van der Waals surface area contributed by atoms with Gasteiger partial charge in [0.2, 0.25) is 0 Å². The zero-order chi connectivity index (χ0) is 17.0. The molecule has 132 valence electrons. The molecule has 0 aliphatic carbocycles. The molecule has 4 nitrogen and oxygen atoms in total. The molecule has 1 aromatic carbocycles. The first-order chi connectivity index (χ1) is 11.6. The van der Waals surface area contributed by atoms with E-state index in [0.717, 1.165) is 26.9 Å². The summed E-state index contributed by atoms with van der Waals surface area (Å²) in [5.41, 5.74) is 1.13. The molecule has 2 aliphatic rings. The highest BCUT2D eigenvalue weighted by Crippen LogP contribution is 2.40. The van der Waals surface area contributed by atoms with Gasteiger partial charge in [-0.25, -0.2) is 0 Å². The van der Waals surface area contributed by atoms with Crippen LogP contribution in [0.25, 0.3) is 0 Å². The van der Waals surface area contributed by atoms with Crippen LogP contribution in [0.1, 0.15) is 19.4 Å². The Hall–Kier alpha value is -0.500. The highest BCUT2D eigenvalue weighted by atomic mass is 32.2. The number of rotatable bonds is 6. The molecule has 3 rings (SSSR count). The van der Waals surface area contributed by atoms with Crippen molar-refractivity contribution in [3.05, 3.63) is 45.7 Å². The molecule has 1 fully saturated rings. The highest BCUT2D eigenvalue weighted by Gasteiger charge is 2.40. The molecule has 1 saturated heterocycles. The molecular formula is C18H24O4S2. The van der Waals surface area contributed by atoms with Crippen molar-refractivity contribution in [1.29, 1.82) is 0 Å². The molecule has 0 bridgehead atoms. The van der Waals surface area contributed by atoms with Crippen LogP contribution in [-0.4, -0.2) is 47.8 Å². The average Bonchev–Trinajstić information content (AvgIpc) is 2.96. The third kappa shape index (κ3) is 4.56. The maximum atomic E-state index is 9.72. The van der Waals surface area contributed by atoms with Crippen molar-refractivity contribution in [1.82, 2.24) is 0 Å². The van der Waals surface area contributed by atoms with Gasteiger partial charge in [0, 0.05) is 21.3 Å². The zero-order valence-corrected chi connectivity index (χ0v) is 15.7. The second kappa shape index (κ2) is 8.25. The van der Waals surface area contributed by atoms with Crippen molar-refractivity contribution in [2.75, 3.05) is 24.7 Å². The third-order valence-electron chi connectivity index (χ3n) is 3.93. The molecule has 2 aliphatic heterocycles. The van der Waals surface area contributed by atoms with Crippen LogP contribution in [0.2, 0.25) is 0 Å². The van der Waals surface area contributed by atoms with Crippen molar-refractivity contribution in [3.63, 3.8) is 0 Å². The molecule has 1 N–H and O–H groups in total. The first-order valence-corrected chi connectivity index (χ1v) is 10.1. The van der Waals surface area contributed by atoms with Gasteiger partial charge in [-0.2, -0.15) is 0 Å². The maximum absolute atomic E-state index is 9.72. The molecular weight excluding hydrogens is 344 g/mol. The monoisotopic (exact) mass is 368 g/mol. The summed E-state index contributed by atoms with van der Waals surface area (Å²) in [6.45, 7) is 4.91. The minimum atomic E-state index is -0.592. The molecule has 0 saturated carbocycles. The Bertz CT molecular complexity index is 574. The summed E-state index contributed by atoms with van der Waals surface area (Å²) < 4.78 is 18.1. The van der Waals surface area contributed by atoms with Gasteiger partial charge in [-0.1, -0.05) is 30.3 Å². The van der Waals surface area contributed by atoms with E-state index in [1.54, 1.807) is 23.5 Å². The number of aliphatic hydroxyl groups is 1. The van der Waals surface area contributed by atoms with E-state index >= 15 is 0 Å². The van der Waals surface area contributed by atoms with E-state index in [1.807, 2.05) is 32.0 Å². The fourth-order valence-electron chi connectivity index (χ4n) is 2.81. The second-order valence-corrected chi connectivity index (χ2v) is 8.55. The maximum Gasteiger partial charge on any atom is 0.163 e. The van der Waals surface area contributed by atoms with Crippen LogP contribution in [-0.2, 0) is 20.8 Å². The van der Waals surface area contributed by atoms with Crippen LogP contribution in [0, 0.1) is 0 Å². The Morgan fingerprint density at radius 2 is 2.00 bits per heavy atom. The summed E-state index contributed by atoms with van der Waals surface area (Å²) in [5, 5.41) is 9.72. The summed E-state index contributed by atoms with van der Waals surface area (Å²) in [7, 11) is 0. The standard InChI is InChI=1S/C18H24O4S2/c1-18(2)21-12-14(22-18)16(17-15(10-19)23-8-9-24-17)20-11-13-6-4-3-5-7-13/h3-7,14,16,19H,8-12H2,1-2H3/t14-,16-/m0/s1. The number of hydrogen-bond donors (Lipinski definition) is 1. The Labute approximate surface area is 151 Å². The average molecular weight is 369 g/mol.